The molecule has 0 bridgehead atoms. The number of nitrogens with one attached hydrogen (secondary N) is 1. The molecular weight excluding hydrogens is 528 g/mol. The molecule has 40 heavy (non-hydrogen) atoms. The molecule has 3 aliphatic rings. The van der Waals surface area contributed by atoms with Crippen molar-refractivity contribution in [2.75, 3.05) is 56.2 Å². The van der Waals surface area contributed by atoms with Crippen LogP contribution in [0.3, 0.4) is 0 Å². The van der Waals surface area contributed by atoms with Crippen molar-refractivity contribution in [3.8, 4) is 6.01 Å². The van der Waals surface area contributed by atoms with E-state index < -0.39 is 6.09 Å². The molecule has 6 rings (SSSR count). The largest absolute Gasteiger partial charge is 0.465 e. The first-order chi connectivity index (χ1) is 19.5. The molecule has 1 aromatic heterocycles. The van der Waals surface area contributed by atoms with E-state index in [0.29, 0.717) is 37.7 Å². The van der Waals surface area contributed by atoms with Crippen LogP contribution in [0.4, 0.5) is 16.3 Å². The maximum Gasteiger partial charge on any atom is 0.404 e. The van der Waals surface area contributed by atoms with Gasteiger partial charge in [-0.2, -0.15) is 9.97 Å². The van der Waals surface area contributed by atoms with Gasteiger partial charge >= 0.3 is 12.1 Å². The second-order valence-electron chi connectivity index (χ2n) is 11.2. The molecule has 4 heterocycles. The average Bonchev–Trinajstić information content (AvgIpc) is 3.38. The quantitative estimate of drug-likeness (QED) is 0.422. The van der Waals surface area contributed by atoms with Gasteiger partial charge in [-0.3, -0.25) is 0 Å². The normalized spacial score (nSPS) is 20.1. The van der Waals surface area contributed by atoms with Gasteiger partial charge in [-0.25, -0.2) is 4.79 Å². The molecule has 2 fully saturated rings. The predicted molar refractivity (Wildman–Crippen MR) is 158 cm³/mol. The summed E-state index contributed by atoms with van der Waals surface area (Å²) in [5, 5.41) is 14.5. The summed E-state index contributed by atoms with van der Waals surface area (Å²) in [6.45, 7) is 5.36. The molecule has 2 N–H and O–H groups in total. The Kier molecular flexibility index (Phi) is 7.85. The molecule has 10 heteroatoms. The highest BCUT2D eigenvalue weighted by atomic mass is 35.5. The first-order valence-corrected chi connectivity index (χ1v) is 14.7. The van der Waals surface area contributed by atoms with E-state index in [0.717, 1.165) is 84.9 Å². The van der Waals surface area contributed by atoms with Crippen LogP contribution in [0.2, 0.25) is 5.02 Å². The molecule has 0 saturated carbocycles. The number of aromatic nitrogens is 2. The number of nitrogens with zero attached hydrogens (tertiary/aromatic N) is 5. The zero-order valence-corrected chi connectivity index (χ0v) is 23.7. The minimum absolute atomic E-state index is 0.338. The van der Waals surface area contributed by atoms with Crippen molar-refractivity contribution in [2.45, 2.75) is 44.7 Å². The topological polar surface area (TPSA) is 94.1 Å². The Balaban J connectivity index is 1.28. The van der Waals surface area contributed by atoms with Gasteiger partial charge < -0.3 is 29.9 Å². The van der Waals surface area contributed by atoms with Gasteiger partial charge in [0.25, 0.3) is 0 Å². The number of hydrogen-bond acceptors (Lipinski definition) is 7. The van der Waals surface area contributed by atoms with Gasteiger partial charge in [-0.05, 0) is 69.1 Å². The van der Waals surface area contributed by atoms with E-state index in [-0.39, 0.29) is 0 Å². The first kappa shape index (κ1) is 26.9. The smallest absolute Gasteiger partial charge is 0.404 e. The van der Waals surface area contributed by atoms with Crippen molar-refractivity contribution >= 4 is 40.0 Å². The van der Waals surface area contributed by atoms with Crippen LogP contribution in [0.15, 0.2) is 36.4 Å². The zero-order chi connectivity index (χ0) is 27.6. The first-order valence-electron chi connectivity index (χ1n) is 14.3. The maximum absolute atomic E-state index is 11.0. The third-order valence-corrected chi connectivity index (χ3v) is 9.04. The second kappa shape index (κ2) is 11.7. The van der Waals surface area contributed by atoms with Gasteiger partial charge in [0.2, 0.25) is 0 Å². The van der Waals surface area contributed by atoms with Crippen molar-refractivity contribution in [1.82, 2.24) is 20.2 Å². The number of likely N-dealkylation sites (N-methyl/N-ethyl adjacent to an activating group) is 1. The third-order valence-electron chi connectivity index (χ3n) is 8.73. The number of piperidine rings is 1. The van der Waals surface area contributed by atoms with E-state index in [4.69, 9.17) is 31.4 Å². The number of rotatable bonds is 7. The van der Waals surface area contributed by atoms with Crippen LogP contribution in [0, 0.1) is 5.92 Å². The summed E-state index contributed by atoms with van der Waals surface area (Å²) in [6, 6.07) is 13.2. The Morgan fingerprint density at radius 2 is 1.88 bits per heavy atom. The molecule has 1 amide bonds. The number of hydrogen-bond donors (Lipinski definition) is 2. The zero-order valence-electron chi connectivity index (χ0n) is 23.0. The summed E-state index contributed by atoms with van der Waals surface area (Å²) in [6.07, 6.45) is 4.03. The lowest BCUT2D eigenvalue weighted by atomic mass is 9.95. The number of carbonyl (C=O) groups is 1. The van der Waals surface area contributed by atoms with Crippen LogP contribution in [0.5, 0.6) is 6.01 Å². The Hall–Kier alpha value is -3.30. The number of benzene rings is 2. The van der Waals surface area contributed by atoms with Gasteiger partial charge in [0.15, 0.2) is 0 Å². The number of anilines is 2. The number of likely N-dealkylation sites (tertiary alicyclic amines) is 1. The van der Waals surface area contributed by atoms with Crippen molar-refractivity contribution in [3.05, 3.63) is 52.7 Å². The van der Waals surface area contributed by atoms with Gasteiger partial charge in [0, 0.05) is 48.9 Å². The highest BCUT2D eigenvalue weighted by molar-refractivity contribution is 6.36. The number of fused-ring (bicyclic) bond motifs is 2. The summed E-state index contributed by atoms with van der Waals surface area (Å²) in [7, 11) is 2.15. The molecule has 212 valence electrons. The summed E-state index contributed by atoms with van der Waals surface area (Å²) >= 11 is 6.68. The Morgan fingerprint density at radius 3 is 2.62 bits per heavy atom. The summed E-state index contributed by atoms with van der Waals surface area (Å²) < 4.78 is 6.27. The highest BCUT2D eigenvalue weighted by Crippen LogP contribution is 2.37. The van der Waals surface area contributed by atoms with Gasteiger partial charge in [0.05, 0.1) is 17.3 Å². The van der Waals surface area contributed by atoms with Crippen molar-refractivity contribution in [1.29, 1.82) is 0 Å². The van der Waals surface area contributed by atoms with E-state index in [1.807, 2.05) is 12.1 Å². The third kappa shape index (κ3) is 5.63. The van der Waals surface area contributed by atoms with E-state index >= 15 is 0 Å². The highest BCUT2D eigenvalue weighted by Gasteiger charge is 2.30. The number of halogens is 1. The number of amides is 1. The van der Waals surface area contributed by atoms with Crippen molar-refractivity contribution in [2.24, 2.45) is 5.92 Å². The minimum atomic E-state index is -0.959. The van der Waals surface area contributed by atoms with Crippen molar-refractivity contribution < 1.29 is 14.6 Å². The molecule has 9 nitrogen and oxygen atoms in total. The molecule has 0 radical (unpaired) electrons. The van der Waals surface area contributed by atoms with Crippen LogP contribution in [0.25, 0.3) is 10.8 Å². The summed E-state index contributed by atoms with van der Waals surface area (Å²) in [5.74, 6) is 1.31. The van der Waals surface area contributed by atoms with Crippen LogP contribution in [-0.4, -0.2) is 78.5 Å². The molecule has 3 aromatic rings. The Morgan fingerprint density at radius 1 is 1.07 bits per heavy atom. The lowest BCUT2D eigenvalue weighted by molar-refractivity contribution is 0.187. The molecule has 0 spiro atoms. The van der Waals surface area contributed by atoms with E-state index in [1.165, 1.54) is 12.0 Å². The van der Waals surface area contributed by atoms with Crippen molar-refractivity contribution in [3.63, 3.8) is 0 Å². The van der Waals surface area contributed by atoms with E-state index in [9.17, 15) is 4.79 Å². The van der Waals surface area contributed by atoms with Crippen LogP contribution in [-0.2, 0) is 13.0 Å². The summed E-state index contributed by atoms with van der Waals surface area (Å²) in [4.78, 5) is 28.0. The van der Waals surface area contributed by atoms with Gasteiger partial charge in [0.1, 0.15) is 12.4 Å². The van der Waals surface area contributed by atoms with E-state index in [2.05, 4.69) is 51.3 Å². The van der Waals surface area contributed by atoms with Gasteiger partial charge in [-0.15, -0.1) is 0 Å². The standard InChI is InChI=1S/C30H37ClN6O3/c1-35-13-4-7-22(35)19-40-29-33-25-18-37(26-9-3-6-21-5-2-8-24(31)27(21)26)16-12-23(25)28(34-29)36-14-10-20(11-15-36)17-32-30(38)39/h2-3,5-6,8-9,20,22,32H,4,7,10-19H2,1H3,(H,38,39). The fourth-order valence-corrected chi connectivity index (χ4v) is 6.68. The monoisotopic (exact) mass is 564 g/mol. The summed E-state index contributed by atoms with van der Waals surface area (Å²) in [5.41, 5.74) is 3.32. The number of ether oxygens (including phenoxy) is 1. The Bertz CT molecular complexity index is 1370. The molecule has 2 saturated heterocycles. The molecular formula is C30H37ClN6O3. The second-order valence-corrected chi connectivity index (χ2v) is 11.7. The molecule has 1 atom stereocenters. The maximum atomic E-state index is 11.0. The minimum Gasteiger partial charge on any atom is -0.465 e. The van der Waals surface area contributed by atoms with Crippen LogP contribution >= 0.6 is 11.6 Å². The lowest BCUT2D eigenvalue weighted by Gasteiger charge is -2.37. The van der Waals surface area contributed by atoms with Crippen LogP contribution < -0.4 is 19.9 Å². The lowest BCUT2D eigenvalue weighted by Crippen LogP contribution is -2.40. The molecule has 1 unspecified atom stereocenters. The predicted octanol–water partition coefficient (Wildman–Crippen LogP) is 4.80. The van der Waals surface area contributed by atoms with E-state index in [1.54, 1.807) is 0 Å². The molecule has 0 aliphatic carbocycles. The molecule has 3 aliphatic heterocycles. The van der Waals surface area contributed by atoms with Gasteiger partial charge in [-0.1, -0.05) is 35.9 Å². The number of carboxylic acid groups (broad SMARTS) is 1. The fraction of sp³-hybridized carbons (Fsp3) is 0.500. The average molecular weight is 565 g/mol. The Labute approximate surface area is 240 Å². The molecule has 2 aromatic carbocycles. The van der Waals surface area contributed by atoms with Crippen LogP contribution in [0.1, 0.15) is 36.9 Å². The fourth-order valence-electron chi connectivity index (χ4n) is 6.40. The SMILES string of the molecule is CN1CCCC1COc1nc2c(c(N3CCC(CNC(=O)O)CC3)n1)CCN(c1cccc3cccc(Cl)c13)C2.